The molecule has 8 rings (SSSR count). The van der Waals surface area contributed by atoms with E-state index in [0.29, 0.717) is 24.4 Å². The van der Waals surface area contributed by atoms with Crippen LogP contribution in [0.5, 0.6) is 0 Å². The molecule has 8 aliphatic rings. The highest BCUT2D eigenvalue weighted by molar-refractivity contribution is 5.77. The molecular formula is C28H40O4. The fraction of sp³-hybridized carbons (Fsp3) is 0.929. The smallest absolute Gasteiger partial charge is 0.311 e. The van der Waals surface area contributed by atoms with E-state index in [1.165, 1.54) is 26.4 Å². The molecule has 8 saturated carbocycles. The molecule has 0 aromatic carbocycles. The number of hydrogen-bond acceptors (Lipinski definition) is 4. The van der Waals surface area contributed by atoms with Crippen molar-refractivity contribution in [2.24, 2.45) is 75.9 Å². The minimum Gasteiger partial charge on any atom is -0.469 e. The highest BCUT2D eigenvalue weighted by atomic mass is 16.5. The minimum absolute atomic E-state index is 0.0129. The van der Waals surface area contributed by atoms with Crippen LogP contribution < -0.4 is 0 Å². The Hall–Kier alpha value is -1.06. The lowest BCUT2D eigenvalue weighted by molar-refractivity contribution is -0.188. The highest BCUT2D eigenvalue weighted by Gasteiger charge is 2.67. The quantitative estimate of drug-likeness (QED) is 0.451. The van der Waals surface area contributed by atoms with E-state index >= 15 is 0 Å². The Kier molecular flexibility index (Phi) is 4.15. The minimum atomic E-state index is -0.305. The molecule has 8 aliphatic carbocycles. The van der Waals surface area contributed by atoms with Crippen molar-refractivity contribution in [3.8, 4) is 0 Å². The van der Waals surface area contributed by atoms with Crippen molar-refractivity contribution >= 4 is 11.9 Å². The molecule has 176 valence electrons. The maximum absolute atomic E-state index is 13.4. The van der Waals surface area contributed by atoms with Crippen LogP contribution in [0, 0.1) is 75.9 Å². The van der Waals surface area contributed by atoms with E-state index in [1.54, 1.807) is 0 Å². The van der Waals surface area contributed by atoms with E-state index in [9.17, 15) is 9.59 Å². The maximum Gasteiger partial charge on any atom is 0.311 e. The number of hydrogen-bond donors (Lipinski definition) is 0. The zero-order chi connectivity index (χ0) is 22.0. The molecule has 11 atom stereocenters. The summed E-state index contributed by atoms with van der Waals surface area (Å²) in [7, 11) is 1.54. The van der Waals surface area contributed by atoms with Crippen molar-refractivity contribution in [3.05, 3.63) is 0 Å². The van der Waals surface area contributed by atoms with Gasteiger partial charge in [0.2, 0.25) is 0 Å². The van der Waals surface area contributed by atoms with Gasteiger partial charge in [-0.25, -0.2) is 0 Å². The summed E-state index contributed by atoms with van der Waals surface area (Å²) in [6.45, 7) is 5.49. The molecule has 8 bridgehead atoms. The Labute approximate surface area is 192 Å². The fourth-order valence-electron chi connectivity index (χ4n) is 11.9. The van der Waals surface area contributed by atoms with Crippen LogP contribution in [0.1, 0.15) is 71.6 Å². The van der Waals surface area contributed by atoms with Crippen LogP contribution in [-0.4, -0.2) is 25.7 Å². The second kappa shape index (κ2) is 6.54. The Morgan fingerprint density at radius 1 is 0.844 bits per heavy atom. The lowest BCUT2D eigenvalue weighted by Crippen LogP contribution is -2.56. The van der Waals surface area contributed by atoms with Crippen LogP contribution in [0.4, 0.5) is 0 Å². The van der Waals surface area contributed by atoms with Crippen LogP contribution >= 0.6 is 0 Å². The van der Waals surface area contributed by atoms with Crippen LogP contribution in [0.3, 0.4) is 0 Å². The van der Waals surface area contributed by atoms with Gasteiger partial charge in [0.25, 0.3) is 0 Å². The average molecular weight is 441 g/mol. The Morgan fingerprint density at radius 3 is 2.22 bits per heavy atom. The standard InChI is InChI=1S/C28H40O4/c1-14-15(2)20-7-19(14)23-18-5-21(24(20)23)22(6-18)25(29)32-13-27-8-16-4-17(9-27)11-28(10-16,12-27)26(30)31-3/h14-24H,4-13H2,1-3H3. The lowest BCUT2D eigenvalue weighted by Gasteiger charge is -2.60. The Bertz CT molecular complexity index is 834. The zero-order valence-electron chi connectivity index (χ0n) is 20.1. The molecule has 0 N–H and O–H groups in total. The second-order valence-corrected chi connectivity index (χ2v) is 13.8. The molecule has 4 heteroatoms. The molecule has 0 aromatic heterocycles. The van der Waals surface area contributed by atoms with E-state index in [0.717, 1.165) is 80.0 Å². The van der Waals surface area contributed by atoms with Gasteiger partial charge < -0.3 is 9.47 Å². The number of fused-ring (bicyclic) bond motifs is 9. The summed E-state index contributed by atoms with van der Waals surface area (Å²) in [5, 5.41) is 0. The largest absolute Gasteiger partial charge is 0.469 e. The summed E-state index contributed by atoms with van der Waals surface area (Å²) in [4.78, 5) is 26.2. The number of methoxy groups -OCH3 is 1. The topological polar surface area (TPSA) is 52.6 Å². The highest BCUT2D eigenvalue weighted by Crippen LogP contribution is 2.71. The first kappa shape index (κ1) is 20.3. The molecule has 4 nitrogen and oxygen atoms in total. The van der Waals surface area contributed by atoms with Gasteiger partial charge in [-0.2, -0.15) is 0 Å². The van der Waals surface area contributed by atoms with Crippen molar-refractivity contribution in [1.29, 1.82) is 0 Å². The third kappa shape index (κ3) is 2.51. The summed E-state index contributed by atoms with van der Waals surface area (Å²) in [5.74, 6) is 7.99. The molecule has 0 aliphatic heterocycles. The predicted octanol–water partition coefficient (Wildman–Crippen LogP) is 5.10. The van der Waals surface area contributed by atoms with Gasteiger partial charge >= 0.3 is 11.9 Å². The van der Waals surface area contributed by atoms with Gasteiger partial charge in [-0.15, -0.1) is 0 Å². The molecule has 0 amide bonds. The fourth-order valence-corrected chi connectivity index (χ4v) is 11.9. The molecule has 0 aromatic rings. The molecule has 0 saturated heterocycles. The normalized spacial score (nSPS) is 58.3. The van der Waals surface area contributed by atoms with E-state index in [-0.39, 0.29) is 28.7 Å². The first-order valence-electron chi connectivity index (χ1n) is 13.6. The van der Waals surface area contributed by atoms with E-state index < -0.39 is 0 Å². The van der Waals surface area contributed by atoms with Crippen LogP contribution in [0.2, 0.25) is 0 Å². The van der Waals surface area contributed by atoms with Gasteiger partial charge in [0.05, 0.1) is 25.0 Å². The monoisotopic (exact) mass is 440 g/mol. The zero-order valence-corrected chi connectivity index (χ0v) is 20.1. The molecule has 32 heavy (non-hydrogen) atoms. The summed E-state index contributed by atoms with van der Waals surface area (Å²) in [6, 6.07) is 0. The summed E-state index contributed by atoms with van der Waals surface area (Å²) in [5.41, 5.74) is -0.286. The molecule has 0 radical (unpaired) electrons. The van der Waals surface area contributed by atoms with Crippen LogP contribution in [0.25, 0.3) is 0 Å². The van der Waals surface area contributed by atoms with Gasteiger partial charge in [-0.05, 0) is 117 Å². The van der Waals surface area contributed by atoms with E-state index in [2.05, 4.69) is 13.8 Å². The Morgan fingerprint density at radius 2 is 1.53 bits per heavy atom. The van der Waals surface area contributed by atoms with Crippen molar-refractivity contribution in [2.45, 2.75) is 71.6 Å². The summed E-state index contributed by atoms with van der Waals surface area (Å²) in [6.07, 6.45) is 10.2. The first-order chi connectivity index (χ1) is 15.3. The van der Waals surface area contributed by atoms with Crippen LogP contribution in [0.15, 0.2) is 0 Å². The first-order valence-corrected chi connectivity index (χ1v) is 13.6. The van der Waals surface area contributed by atoms with Gasteiger partial charge in [0, 0.05) is 5.41 Å². The number of ether oxygens (including phenoxy) is 2. The molecule has 0 spiro atoms. The molecule has 8 fully saturated rings. The van der Waals surface area contributed by atoms with Gasteiger partial charge in [-0.3, -0.25) is 9.59 Å². The summed E-state index contributed by atoms with van der Waals surface area (Å²) < 4.78 is 11.5. The van der Waals surface area contributed by atoms with Gasteiger partial charge in [0.15, 0.2) is 0 Å². The van der Waals surface area contributed by atoms with Gasteiger partial charge in [0.1, 0.15) is 0 Å². The van der Waals surface area contributed by atoms with Crippen molar-refractivity contribution < 1.29 is 19.1 Å². The van der Waals surface area contributed by atoms with Crippen molar-refractivity contribution in [3.63, 3.8) is 0 Å². The number of carbonyl (C=O) groups is 2. The maximum atomic E-state index is 13.4. The van der Waals surface area contributed by atoms with Crippen LogP contribution in [-0.2, 0) is 19.1 Å². The third-order valence-electron chi connectivity index (χ3n) is 12.5. The van der Waals surface area contributed by atoms with E-state index in [1.807, 2.05) is 0 Å². The second-order valence-electron chi connectivity index (χ2n) is 13.8. The molecule has 0 heterocycles. The molecular weight excluding hydrogens is 400 g/mol. The van der Waals surface area contributed by atoms with Crippen molar-refractivity contribution in [2.75, 3.05) is 13.7 Å². The SMILES string of the molecule is COC(=O)C12CC3CC(CC(COC(=O)C4CC5CC4C4C6CC(C(C)C6C)C54)(C3)C1)C2. The number of carbonyl (C=O) groups excluding carboxylic acids is 2. The third-order valence-corrected chi connectivity index (χ3v) is 12.5. The van der Waals surface area contributed by atoms with Crippen molar-refractivity contribution in [1.82, 2.24) is 0 Å². The van der Waals surface area contributed by atoms with E-state index in [4.69, 9.17) is 9.47 Å². The number of rotatable bonds is 4. The molecule has 11 unspecified atom stereocenters. The average Bonchev–Trinajstić information content (AvgIpc) is 3.50. The number of esters is 2. The Balaban J connectivity index is 1.05. The predicted molar refractivity (Wildman–Crippen MR) is 119 cm³/mol. The summed E-state index contributed by atoms with van der Waals surface area (Å²) >= 11 is 0. The van der Waals surface area contributed by atoms with Gasteiger partial charge in [-0.1, -0.05) is 13.8 Å². The lowest BCUT2D eigenvalue weighted by atomic mass is 9.44.